The van der Waals surface area contributed by atoms with Crippen LogP contribution < -0.4 is 0 Å². The topological polar surface area (TPSA) is 48.5 Å². The molecule has 0 fully saturated rings. The van der Waals surface area contributed by atoms with Gasteiger partial charge in [-0.3, -0.25) is 4.68 Å². The lowest BCUT2D eigenvalue weighted by atomic mass is 10.3. The van der Waals surface area contributed by atoms with Crippen molar-refractivity contribution in [2.45, 2.75) is 38.7 Å². The molecule has 0 aliphatic rings. The summed E-state index contributed by atoms with van der Waals surface area (Å²) in [5, 5.41) is 8.43. The van der Waals surface area contributed by atoms with E-state index >= 15 is 0 Å². The maximum atomic E-state index is 5.99. The van der Waals surface area contributed by atoms with E-state index in [2.05, 4.69) is 29.0 Å². The van der Waals surface area contributed by atoms with Crippen molar-refractivity contribution >= 4 is 11.6 Å². The molecule has 2 rings (SSSR count). The van der Waals surface area contributed by atoms with Crippen LogP contribution in [0.2, 0.25) is 0 Å². The standard InChI is InChI=1S/C11H16ClN5/c1-8(2)17-11(13-7-15-17)6-16-5-10(4-14-16)9(3)12/h4-5,7-9H,6H2,1-3H3. The maximum absolute atomic E-state index is 5.99. The number of alkyl halides is 1. The van der Waals surface area contributed by atoms with Crippen molar-refractivity contribution in [1.29, 1.82) is 0 Å². The predicted molar refractivity (Wildman–Crippen MR) is 66.0 cm³/mol. The molecule has 0 saturated heterocycles. The zero-order chi connectivity index (χ0) is 12.4. The summed E-state index contributed by atoms with van der Waals surface area (Å²) in [7, 11) is 0. The number of halogens is 1. The normalized spacial score (nSPS) is 13.2. The summed E-state index contributed by atoms with van der Waals surface area (Å²) in [6, 6.07) is 0.300. The molecule has 0 bridgehead atoms. The van der Waals surface area contributed by atoms with Gasteiger partial charge in [-0.2, -0.15) is 10.2 Å². The molecule has 0 spiro atoms. The minimum atomic E-state index is -0.0216. The number of rotatable bonds is 4. The van der Waals surface area contributed by atoms with E-state index in [1.54, 1.807) is 12.5 Å². The highest BCUT2D eigenvalue weighted by molar-refractivity contribution is 6.20. The van der Waals surface area contributed by atoms with Crippen molar-refractivity contribution in [2.24, 2.45) is 0 Å². The Morgan fingerprint density at radius 3 is 2.65 bits per heavy atom. The minimum Gasteiger partial charge on any atom is -0.265 e. The van der Waals surface area contributed by atoms with E-state index in [1.807, 2.05) is 22.5 Å². The summed E-state index contributed by atoms with van der Waals surface area (Å²) >= 11 is 5.99. The fourth-order valence-corrected chi connectivity index (χ4v) is 1.75. The third-order valence-electron chi connectivity index (χ3n) is 2.55. The molecule has 2 aromatic rings. The molecule has 0 aromatic carbocycles. The number of hydrogen-bond acceptors (Lipinski definition) is 3. The largest absolute Gasteiger partial charge is 0.265 e. The van der Waals surface area contributed by atoms with E-state index in [0.29, 0.717) is 12.6 Å². The summed E-state index contributed by atoms with van der Waals surface area (Å²) in [6.45, 7) is 6.70. The first-order valence-electron chi connectivity index (χ1n) is 5.62. The molecule has 0 N–H and O–H groups in total. The van der Waals surface area contributed by atoms with Crippen LogP contribution >= 0.6 is 11.6 Å². The predicted octanol–water partition coefficient (Wildman–Crippen LogP) is 2.40. The van der Waals surface area contributed by atoms with Gasteiger partial charge in [-0.1, -0.05) is 0 Å². The van der Waals surface area contributed by atoms with E-state index in [-0.39, 0.29) is 5.38 Å². The van der Waals surface area contributed by atoms with Crippen LogP contribution in [0.4, 0.5) is 0 Å². The molecule has 0 aliphatic carbocycles. The van der Waals surface area contributed by atoms with Crippen molar-refractivity contribution in [3.63, 3.8) is 0 Å². The Morgan fingerprint density at radius 1 is 1.29 bits per heavy atom. The highest BCUT2D eigenvalue weighted by Crippen LogP contribution is 2.18. The van der Waals surface area contributed by atoms with Crippen LogP contribution in [0.25, 0.3) is 0 Å². The van der Waals surface area contributed by atoms with Gasteiger partial charge >= 0.3 is 0 Å². The third kappa shape index (κ3) is 2.66. The number of hydrogen-bond donors (Lipinski definition) is 0. The van der Waals surface area contributed by atoms with Crippen LogP contribution in [0.3, 0.4) is 0 Å². The van der Waals surface area contributed by atoms with Crippen molar-refractivity contribution in [3.05, 3.63) is 30.1 Å². The molecule has 0 aliphatic heterocycles. The van der Waals surface area contributed by atoms with Crippen molar-refractivity contribution < 1.29 is 0 Å². The second-order valence-corrected chi connectivity index (χ2v) is 4.96. The molecule has 1 unspecified atom stereocenters. The zero-order valence-electron chi connectivity index (χ0n) is 10.2. The molecule has 6 heteroatoms. The summed E-state index contributed by atoms with van der Waals surface area (Å²) in [5.41, 5.74) is 1.02. The SMILES string of the molecule is CC(Cl)c1cnn(Cc2ncnn2C(C)C)c1. The second kappa shape index (κ2) is 4.87. The van der Waals surface area contributed by atoms with Gasteiger partial charge in [0.05, 0.1) is 11.6 Å². The van der Waals surface area contributed by atoms with E-state index in [1.165, 1.54) is 0 Å². The van der Waals surface area contributed by atoms with Crippen LogP contribution in [0.5, 0.6) is 0 Å². The smallest absolute Gasteiger partial charge is 0.148 e. The number of nitrogens with zero attached hydrogens (tertiary/aromatic N) is 5. The maximum Gasteiger partial charge on any atom is 0.148 e. The molecular formula is C11H16ClN5. The van der Waals surface area contributed by atoms with Gasteiger partial charge in [-0.05, 0) is 20.8 Å². The fourth-order valence-electron chi connectivity index (χ4n) is 1.63. The van der Waals surface area contributed by atoms with E-state index < -0.39 is 0 Å². The first-order valence-corrected chi connectivity index (χ1v) is 6.06. The average molecular weight is 254 g/mol. The third-order valence-corrected chi connectivity index (χ3v) is 2.80. The molecule has 17 heavy (non-hydrogen) atoms. The van der Waals surface area contributed by atoms with Crippen molar-refractivity contribution in [3.8, 4) is 0 Å². The van der Waals surface area contributed by atoms with Crippen LogP contribution in [0.1, 0.15) is 43.6 Å². The summed E-state index contributed by atoms with van der Waals surface area (Å²) in [5.74, 6) is 0.900. The van der Waals surface area contributed by atoms with Crippen LogP contribution in [0.15, 0.2) is 18.7 Å². The van der Waals surface area contributed by atoms with E-state index in [9.17, 15) is 0 Å². The van der Waals surface area contributed by atoms with Crippen molar-refractivity contribution in [2.75, 3.05) is 0 Å². The first kappa shape index (κ1) is 12.1. The lowest BCUT2D eigenvalue weighted by Gasteiger charge is -2.09. The van der Waals surface area contributed by atoms with Gasteiger partial charge in [-0.15, -0.1) is 11.6 Å². The van der Waals surface area contributed by atoms with Crippen molar-refractivity contribution in [1.82, 2.24) is 24.5 Å². The Hall–Kier alpha value is -1.36. The lowest BCUT2D eigenvalue weighted by molar-refractivity contribution is 0.488. The van der Waals surface area contributed by atoms with Crippen LogP contribution in [-0.4, -0.2) is 24.5 Å². The summed E-state index contributed by atoms with van der Waals surface area (Å²) in [6.07, 6.45) is 5.30. The van der Waals surface area contributed by atoms with Gasteiger partial charge in [0.2, 0.25) is 0 Å². The monoisotopic (exact) mass is 253 g/mol. The van der Waals surface area contributed by atoms with Crippen LogP contribution in [0, 0.1) is 0 Å². The molecule has 1 atom stereocenters. The molecule has 5 nitrogen and oxygen atoms in total. The molecule has 92 valence electrons. The Bertz CT molecular complexity index is 486. The minimum absolute atomic E-state index is 0.0216. The Balaban J connectivity index is 2.17. The fraction of sp³-hybridized carbons (Fsp3) is 0.545. The zero-order valence-corrected chi connectivity index (χ0v) is 11.0. The highest BCUT2D eigenvalue weighted by Gasteiger charge is 2.10. The lowest BCUT2D eigenvalue weighted by Crippen LogP contribution is -2.12. The molecule has 2 heterocycles. The van der Waals surface area contributed by atoms with E-state index in [0.717, 1.165) is 11.4 Å². The summed E-state index contributed by atoms with van der Waals surface area (Å²) in [4.78, 5) is 4.24. The van der Waals surface area contributed by atoms with E-state index in [4.69, 9.17) is 11.6 Å². The number of aromatic nitrogens is 5. The van der Waals surface area contributed by atoms with Gasteiger partial charge < -0.3 is 0 Å². The quantitative estimate of drug-likeness (QED) is 0.787. The average Bonchev–Trinajstić information content (AvgIpc) is 2.86. The van der Waals surface area contributed by atoms with Gasteiger partial charge in [0, 0.05) is 17.8 Å². The molecule has 0 amide bonds. The Labute approximate surface area is 105 Å². The summed E-state index contributed by atoms with van der Waals surface area (Å²) < 4.78 is 3.72. The van der Waals surface area contributed by atoms with Gasteiger partial charge in [0.1, 0.15) is 18.7 Å². The van der Waals surface area contributed by atoms with Gasteiger partial charge in [0.15, 0.2) is 0 Å². The Morgan fingerprint density at radius 2 is 2.06 bits per heavy atom. The first-order chi connectivity index (χ1) is 8.08. The molecule has 0 saturated carbocycles. The van der Waals surface area contributed by atoms with Crippen LogP contribution in [-0.2, 0) is 6.54 Å². The Kier molecular flexibility index (Phi) is 3.47. The highest BCUT2D eigenvalue weighted by atomic mass is 35.5. The molecule has 0 radical (unpaired) electrons. The second-order valence-electron chi connectivity index (χ2n) is 4.30. The van der Waals surface area contributed by atoms with Gasteiger partial charge in [-0.25, -0.2) is 9.67 Å². The van der Waals surface area contributed by atoms with Gasteiger partial charge in [0.25, 0.3) is 0 Å². The molecule has 2 aromatic heterocycles. The molecular weight excluding hydrogens is 238 g/mol.